The van der Waals surface area contributed by atoms with Crippen LogP contribution in [-0.2, 0) is 16.0 Å². The minimum Gasteiger partial charge on any atom is -0.481 e. The van der Waals surface area contributed by atoms with Gasteiger partial charge in [0.05, 0.1) is 5.41 Å². The molecule has 0 atom stereocenters. The Morgan fingerprint density at radius 1 is 1.13 bits per heavy atom. The molecule has 0 aliphatic heterocycles. The van der Waals surface area contributed by atoms with E-state index in [-0.39, 0.29) is 0 Å². The van der Waals surface area contributed by atoms with Crippen molar-refractivity contribution in [2.24, 2.45) is 5.41 Å². The first-order chi connectivity index (χ1) is 10.3. The first-order valence-electron chi connectivity index (χ1n) is 7.65. The second-order valence-electron chi connectivity index (χ2n) is 7.58. The van der Waals surface area contributed by atoms with Crippen molar-refractivity contribution in [2.45, 2.75) is 60.5 Å². The second-order valence-corrected chi connectivity index (χ2v) is 7.58. The molecule has 0 spiro atoms. The van der Waals surface area contributed by atoms with Crippen LogP contribution in [0.4, 0.5) is 10.5 Å². The molecule has 0 aliphatic carbocycles. The molecular weight excluding hydrogens is 294 g/mol. The maximum Gasteiger partial charge on any atom is 0.412 e. The Morgan fingerprint density at radius 3 is 2.17 bits per heavy atom. The van der Waals surface area contributed by atoms with E-state index in [2.05, 4.69) is 5.32 Å². The number of amides is 1. The number of aliphatic carboxylic acids is 1. The van der Waals surface area contributed by atoms with Crippen LogP contribution >= 0.6 is 0 Å². The summed E-state index contributed by atoms with van der Waals surface area (Å²) in [6, 6.07) is 3.78. The number of ether oxygens (including phenoxy) is 1. The molecule has 1 amide bonds. The Balaban J connectivity index is 3.05. The molecule has 0 aliphatic rings. The van der Waals surface area contributed by atoms with Crippen LogP contribution in [0.5, 0.6) is 0 Å². The topological polar surface area (TPSA) is 75.6 Å². The summed E-state index contributed by atoms with van der Waals surface area (Å²) in [5.41, 5.74) is 2.00. The summed E-state index contributed by atoms with van der Waals surface area (Å²) >= 11 is 0. The number of carbonyl (C=O) groups excluding carboxylic acids is 1. The van der Waals surface area contributed by atoms with Gasteiger partial charge < -0.3 is 9.84 Å². The smallest absolute Gasteiger partial charge is 0.412 e. The summed E-state index contributed by atoms with van der Waals surface area (Å²) in [6.45, 7) is 12.6. The predicted molar refractivity (Wildman–Crippen MR) is 90.9 cm³/mol. The Bertz CT molecular complexity index is 612. The molecule has 5 heteroatoms. The van der Waals surface area contributed by atoms with Crippen molar-refractivity contribution in [2.75, 3.05) is 5.32 Å². The zero-order chi connectivity index (χ0) is 18.0. The van der Waals surface area contributed by atoms with Crippen LogP contribution in [0.25, 0.3) is 0 Å². The highest BCUT2D eigenvalue weighted by atomic mass is 16.6. The molecule has 23 heavy (non-hydrogen) atoms. The molecule has 0 saturated carbocycles. The molecule has 1 aromatic rings. The van der Waals surface area contributed by atoms with Crippen molar-refractivity contribution in [1.82, 2.24) is 0 Å². The third kappa shape index (κ3) is 5.58. The predicted octanol–water partition coefficient (Wildman–Crippen LogP) is 4.30. The van der Waals surface area contributed by atoms with E-state index >= 15 is 0 Å². The number of carbonyl (C=O) groups is 2. The van der Waals surface area contributed by atoms with Crippen LogP contribution in [0.3, 0.4) is 0 Å². The zero-order valence-electron chi connectivity index (χ0n) is 15.0. The molecule has 0 bridgehead atoms. The van der Waals surface area contributed by atoms with Gasteiger partial charge in [-0.15, -0.1) is 0 Å². The minimum absolute atomic E-state index is 0.381. The van der Waals surface area contributed by atoms with Crippen LogP contribution in [0.2, 0.25) is 0 Å². The Morgan fingerprint density at radius 2 is 1.70 bits per heavy atom. The highest BCUT2D eigenvalue weighted by molar-refractivity contribution is 5.86. The van der Waals surface area contributed by atoms with E-state index in [0.29, 0.717) is 12.1 Å². The van der Waals surface area contributed by atoms with Gasteiger partial charge in [0.25, 0.3) is 0 Å². The van der Waals surface area contributed by atoms with Crippen molar-refractivity contribution in [1.29, 1.82) is 0 Å². The SMILES string of the molecule is Cc1cc(CC(C)(C)C(=O)O)cc(NC(=O)OC(C)(C)C)c1C. The lowest BCUT2D eigenvalue weighted by molar-refractivity contribution is -0.146. The van der Waals surface area contributed by atoms with Crippen LogP contribution in [0.1, 0.15) is 51.3 Å². The molecule has 128 valence electrons. The molecule has 0 saturated heterocycles. The van der Waals surface area contributed by atoms with Crippen molar-refractivity contribution in [3.63, 3.8) is 0 Å². The third-order valence-corrected chi connectivity index (χ3v) is 3.59. The summed E-state index contributed by atoms with van der Waals surface area (Å²) in [7, 11) is 0. The molecule has 0 radical (unpaired) electrons. The number of carboxylic acid groups (broad SMARTS) is 1. The van der Waals surface area contributed by atoms with Gasteiger partial charge in [-0.1, -0.05) is 6.07 Å². The molecule has 0 aromatic heterocycles. The van der Waals surface area contributed by atoms with Crippen LogP contribution in [0, 0.1) is 19.3 Å². The lowest BCUT2D eigenvalue weighted by Crippen LogP contribution is -2.28. The van der Waals surface area contributed by atoms with E-state index in [0.717, 1.165) is 16.7 Å². The highest BCUT2D eigenvalue weighted by Gasteiger charge is 2.28. The first kappa shape index (κ1) is 19.0. The number of benzene rings is 1. The van der Waals surface area contributed by atoms with Gasteiger partial charge in [-0.25, -0.2) is 4.79 Å². The Kier molecular flexibility index (Phi) is 5.46. The minimum atomic E-state index is -0.870. The molecule has 0 fully saturated rings. The van der Waals surface area contributed by atoms with E-state index < -0.39 is 23.1 Å². The lowest BCUT2D eigenvalue weighted by atomic mass is 9.85. The highest BCUT2D eigenvalue weighted by Crippen LogP contribution is 2.28. The standard InChI is InChI=1S/C18H27NO4/c1-11-8-13(10-18(6,7)15(20)21)9-14(12(11)2)19-16(22)23-17(3,4)5/h8-9H,10H2,1-7H3,(H,19,22)(H,20,21). The summed E-state index contributed by atoms with van der Waals surface area (Å²) in [4.78, 5) is 23.3. The van der Waals surface area contributed by atoms with Gasteiger partial charge in [-0.05, 0) is 77.6 Å². The van der Waals surface area contributed by atoms with Crippen LogP contribution in [0.15, 0.2) is 12.1 Å². The fourth-order valence-corrected chi connectivity index (χ4v) is 2.17. The van der Waals surface area contributed by atoms with Gasteiger partial charge in [-0.2, -0.15) is 0 Å². The van der Waals surface area contributed by atoms with Gasteiger partial charge in [0, 0.05) is 5.69 Å². The van der Waals surface area contributed by atoms with Gasteiger partial charge in [0.2, 0.25) is 0 Å². The average molecular weight is 321 g/mol. The van der Waals surface area contributed by atoms with Crippen molar-refractivity contribution in [3.05, 3.63) is 28.8 Å². The molecule has 0 heterocycles. The van der Waals surface area contributed by atoms with Crippen LogP contribution in [-0.4, -0.2) is 22.8 Å². The normalized spacial score (nSPS) is 12.0. The summed E-state index contributed by atoms with van der Waals surface area (Å²) < 4.78 is 5.27. The number of hydrogen-bond donors (Lipinski definition) is 2. The van der Waals surface area contributed by atoms with E-state index in [9.17, 15) is 14.7 Å². The number of rotatable bonds is 4. The molecule has 2 N–H and O–H groups in total. The Labute approximate surface area is 138 Å². The molecular formula is C18H27NO4. The number of hydrogen-bond acceptors (Lipinski definition) is 3. The van der Waals surface area contributed by atoms with E-state index in [4.69, 9.17) is 4.74 Å². The number of aryl methyl sites for hydroxylation is 1. The van der Waals surface area contributed by atoms with Gasteiger partial charge in [-0.3, -0.25) is 10.1 Å². The zero-order valence-corrected chi connectivity index (χ0v) is 15.0. The molecule has 1 rings (SSSR count). The molecule has 0 unspecified atom stereocenters. The maximum atomic E-state index is 12.0. The largest absolute Gasteiger partial charge is 0.481 e. The monoisotopic (exact) mass is 321 g/mol. The quantitative estimate of drug-likeness (QED) is 0.866. The fourth-order valence-electron chi connectivity index (χ4n) is 2.17. The Hall–Kier alpha value is -2.04. The van der Waals surface area contributed by atoms with E-state index in [1.165, 1.54) is 0 Å². The van der Waals surface area contributed by atoms with Crippen molar-refractivity contribution < 1.29 is 19.4 Å². The molecule has 5 nitrogen and oxygen atoms in total. The summed E-state index contributed by atoms with van der Waals surface area (Å²) in [5, 5.41) is 12.0. The van der Waals surface area contributed by atoms with E-state index in [1.807, 2.05) is 26.0 Å². The van der Waals surface area contributed by atoms with Crippen molar-refractivity contribution in [3.8, 4) is 0 Å². The lowest BCUT2D eigenvalue weighted by Gasteiger charge is -2.22. The molecule has 1 aromatic carbocycles. The van der Waals surface area contributed by atoms with Crippen molar-refractivity contribution >= 4 is 17.7 Å². The number of nitrogens with one attached hydrogen (secondary N) is 1. The summed E-state index contributed by atoms with van der Waals surface area (Å²) in [5.74, 6) is -0.850. The average Bonchev–Trinajstić information content (AvgIpc) is 2.32. The maximum absolute atomic E-state index is 12.0. The van der Waals surface area contributed by atoms with Gasteiger partial charge in [0.1, 0.15) is 5.60 Å². The number of carboxylic acids is 1. The fraction of sp³-hybridized carbons (Fsp3) is 0.556. The second kappa shape index (κ2) is 6.60. The van der Waals surface area contributed by atoms with Gasteiger partial charge >= 0.3 is 12.1 Å². The van der Waals surface area contributed by atoms with Crippen LogP contribution < -0.4 is 5.32 Å². The van der Waals surface area contributed by atoms with E-state index in [1.54, 1.807) is 34.6 Å². The first-order valence-corrected chi connectivity index (χ1v) is 7.65. The number of anilines is 1. The summed E-state index contributed by atoms with van der Waals surface area (Å²) in [6.07, 6.45) is -0.137. The van der Waals surface area contributed by atoms with Gasteiger partial charge in [0.15, 0.2) is 0 Å². The third-order valence-electron chi connectivity index (χ3n) is 3.59.